The second kappa shape index (κ2) is 12.3. The first-order valence-corrected chi connectivity index (χ1v) is 15.3. The summed E-state index contributed by atoms with van der Waals surface area (Å²) in [5.41, 5.74) is 1.13. The van der Waals surface area contributed by atoms with E-state index in [1.165, 1.54) is 17.8 Å². The standard InChI is InChI=1S/C27H37NO6S2/c1-4-6-13-27(14-7-5-2)18-28(20-11-9-8-10-12-20)21-15-24(35-3)23(34-17-22(29)26(30)31)16-25(21)36(32,33)19-27/h8-12,15-16,22,29H,4-7,13-14,17-19H2,1-3H3,(H,30,31)/t22-/m1/s1. The topological polar surface area (TPSA) is 104 Å². The highest BCUT2D eigenvalue weighted by molar-refractivity contribution is 7.98. The summed E-state index contributed by atoms with van der Waals surface area (Å²) >= 11 is 1.38. The Morgan fingerprint density at radius 1 is 1.14 bits per heavy atom. The van der Waals surface area contributed by atoms with Crippen molar-refractivity contribution in [2.45, 2.75) is 68.3 Å². The van der Waals surface area contributed by atoms with Gasteiger partial charge in [0.1, 0.15) is 12.4 Å². The maximum absolute atomic E-state index is 14.0. The van der Waals surface area contributed by atoms with Crippen molar-refractivity contribution in [1.29, 1.82) is 0 Å². The van der Waals surface area contributed by atoms with Gasteiger partial charge in [-0.2, -0.15) is 0 Å². The summed E-state index contributed by atoms with van der Waals surface area (Å²) in [7, 11) is -3.70. The molecule has 0 spiro atoms. The van der Waals surface area contributed by atoms with E-state index in [0.29, 0.717) is 17.1 Å². The summed E-state index contributed by atoms with van der Waals surface area (Å²) in [5, 5.41) is 18.7. The van der Waals surface area contributed by atoms with Gasteiger partial charge in [0.05, 0.1) is 21.2 Å². The van der Waals surface area contributed by atoms with Crippen molar-refractivity contribution in [3.63, 3.8) is 0 Å². The minimum atomic E-state index is -3.70. The first-order chi connectivity index (χ1) is 17.2. The van der Waals surface area contributed by atoms with E-state index in [9.17, 15) is 18.3 Å². The van der Waals surface area contributed by atoms with Crippen molar-refractivity contribution in [2.75, 3.05) is 30.1 Å². The van der Waals surface area contributed by atoms with Gasteiger partial charge in [0, 0.05) is 23.7 Å². The van der Waals surface area contributed by atoms with Gasteiger partial charge in [-0.15, -0.1) is 11.8 Å². The number of aliphatic carboxylic acids is 1. The Labute approximate surface area is 218 Å². The van der Waals surface area contributed by atoms with Crippen LogP contribution in [0.4, 0.5) is 11.4 Å². The molecule has 1 aliphatic rings. The number of fused-ring (bicyclic) bond motifs is 1. The van der Waals surface area contributed by atoms with Crippen molar-refractivity contribution < 1.29 is 28.2 Å². The molecule has 0 saturated carbocycles. The third kappa shape index (κ3) is 6.55. The molecule has 2 aromatic rings. The number of ether oxygens (including phenoxy) is 1. The molecular weight excluding hydrogens is 498 g/mol. The Morgan fingerprint density at radius 3 is 2.33 bits per heavy atom. The Kier molecular flexibility index (Phi) is 9.72. The smallest absolute Gasteiger partial charge is 0.336 e. The van der Waals surface area contributed by atoms with Crippen molar-refractivity contribution in [3.8, 4) is 5.75 Å². The Bertz CT molecular complexity index is 1130. The Balaban J connectivity index is 2.19. The molecule has 0 unspecified atom stereocenters. The number of thioether (sulfide) groups is 1. The molecule has 198 valence electrons. The molecule has 2 aromatic carbocycles. The molecule has 0 bridgehead atoms. The van der Waals surface area contributed by atoms with Gasteiger partial charge in [-0.3, -0.25) is 0 Å². The minimum absolute atomic E-state index is 0.0478. The summed E-state index contributed by atoms with van der Waals surface area (Å²) in [6.45, 7) is 4.38. The van der Waals surface area contributed by atoms with Gasteiger partial charge in [-0.05, 0) is 37.3 Å². The number of para-hydroxylation sites is 1. The molecule has 1 heterocycles. The molecule has 0 aliphatic carbocycles. The van der Waals surface area contributed by atoms with Gasteiger partial charge in [0.15, 0.2) is 15.9 Å². The number of nitrogens with zero attached hydrogens (tertiary/aromatic N) is 1. The largest absolute Gasteiger partial charge is 0.489 e. The predicted octanol–water partition coefficient (Wildman–Crippen LogP) is 5.53. The van der Waals surface area contributed by atoms with Gasteiger partial charge in [0.25, 0.3) is 0 Å². The third-order valence-electron chi connectivity index (χ3n) is 6.73. The SMILES string of the molecule is CCCCC1(CCCC)CN(c2ccccc2)c2cc(SC)c(OC[C@@H](O)C(=O)O)cc2S(=O)(=O)C1. The van der Waals surface area contributed by atoms with E-state index in [1.54, 1.807) is 0 Å². The van der Waals surface area contributed by atoms with Crippen LogP contribution in [0.2, 0.25) is 0 Å². The number of benzene rings is 2. The molecule has 2 N–H and O–H groups in total. The number of sulfone groups is 1. The van der Waals surface area contributed by atoms with Crippen LogP contribution in [0.3, 0.4) is 0 Å². The normalized spacial score (nSPS) is 17.2. The zero-order chi connectivity index (χ0) is 26.3. The monoisotopic (exact) mass is 535 g/mol. The van der Waals surface area contributed by atoms with Crippen LogP contribution < -0.4 is 9.64 Å². The van der Waals surface area contributed by atoms with E-state index >= 15 is 0 Å². The third-order valence-corrected chi connectivity index (χ3v) is 9.48. The van der Waals surface area contributed by atoms with Gasteiger partial charge < -0.3 is 19.8 Å². The van der Waals surface area contributed by atoms with E-state index in [2.05, 4.69) is 18.7 Å². The van der Waals surface area contributed by atoms with Crippen LogP contribution >= 0.6 is 11.8 Å². The highest BCUT2D eigenvalue weighted by Gasteiger charge is 2.42. The maximum Gasteiger partial charge on any atom is 0.336 e. The van der Waals surface area contributed by atoms with E-state index in [4.69, 9.17) is 9.84 Å². The fraction of sp³-hybridized carbons (Fsp3) is 0.519. The molecular formula is C27H37NO6S2. The first-order valence-electron chi connectivity index (χ1n) is 12.5. The lowest BCUT2D eigenvalue weighted by Gasteiger charge is -2.37. The number of hydrogen-bond acceptors (Lipinski definition) is 7. The second-order valence-corrected chi connectivity index (χ2v) is 12.3. The number of hydrogen-bond donors (Lipinski definition) is 2. The zero-order valence-electron chi connectivity index (χ0n) is 21.3. The second-order valence-electron chi connectivity index (χ2n) is 9.52. The number of aliphatic hydroxyl groups is 1. The number of rotatable bonds is 12. The molecule has 3 rings (SSSR count). The fourth-order valence-electron chi connectivity index (χ4n) is 4.82. The molecule has 36 heavy (non-hydrogen) atoms. The minimum Gasteiger partial charge on any atom is -0.489 e. The van der Waals surface area contributed by atoms with Crippen LogP contribution in [-0.2, 0) is 14.6 Å². The lowest BCUT2D eigenvalue weighted by Crippen LogP contribution is -2.38. The van der Waals surface area contributed by atoms with Crippen LogP contribution in [0.15, 0.2) is 52.3 Å². The van der Waals surface area contributed by atoms with Crippen molar-refractivity contribution in [2.24, 2.45) is 5.41 Å². The van der Waals surface area contributed by atoms with E-state index in [-0.39, 0.29) is 16.4 Å². The summed E-state index contributed by atoms with van der Waals surface area (Å²) in [6.07, 6.45) is 5.69. The highest BCUT2D eigenvalue weighted by Crippen LogP contribution is 2.47. The van der Waals surface area contributed by atoms with Crippen molar-refractivity contribution in [1.82, 2.24) is 0 Å². The predicted molar refractivity (Wildman–Crippen MR) is 144 cm³/mol. The molecule has 0 aromatic heterocycles. The number of unbranched alkanes of at least 4 members (excludes halogenated alkanes) is 2. The molecule has 7 nitrogen and oxygen atoms in total. The van der Waals surface area contributed by atoms with Crippen LogP contribution in [0.1, 0.15) is 52.4 Å². The van der Waals surface area contributed by atoms with E-state index in [0.717, 1.165) is 44.2 Å². The van der Waals surface area contributed by atoms with E-state index < -0.39 is 33.9 Å². The average Bonchev–Trinajstić information content (AvgIpc) is 2.96. The lowest BCUT2D eigenvalue weighted by molar-refractivity contribution is -0.148. The number of carboxylic acids is 1. The number of aliphatic hydroxyl groups excluding tert-OH is 1. The number of carbonyl (C=O) groups is 1. The quantitative estimate of drug-likeness (QED) is 0.342. The average molecular weight is 536 g/mol. The molecule has 0 saturated heterocycles. The first kappa shape index (κ1) is 28.3. The lowest BCUT2D eigenvalue weighted by atomic mass is 9.79. The molecule has 1 aliphatic heterocycles. The molecule has 0 fully saturated rings. The maximum atomic E-state index is 14.0. The summed E-state index contributed by atoms with van der Waals surface area (Å²) in [5.74, 6) is -1.09. The zero-order valence-corrected chi connectivity index (χ0v) is 22.9. The van der Waals surface area contributed by atoms with Crippen LogP contribution in [-0.4, -0.2) is 55.9 Å². The van der Waals surface area contributed by atoms with Gasteiger partial charge in [-0.25, -0.2) is 13.2 Å². The highest BCUT2D eigenvalue weighted by atomic mass is 32.2. The number of anilines is 2. The number of carboxylic acid groups (broad SMARTS) is 1. The molecule has 0 amide bonds. The molecule has 1 atom stereocenters. The van der Waals surface area contributed by atoms with Gasteiger partial charge >= 0.3 is 5.97 Å². The van der Waals surface area contributed by atoms with Crippen molar-refractivity contribution in [3.05, 3.63) is 42.5 Å². The van der Waals surface area contributed by atoms with Crippen LogP contribution in [0.5, 0.6) is 5.75 Å². The summed E-state index contributed by atoms with van der Waals surface area (Å²) < 4.78 is 33.6. The van der Waals surface area contributed by atoms with Crippen LogP contribution in [0.25, 0.3) is 0 Å². The van der Waals surface area contributed by atoms with Gasteiger partial charge in [0.2, 0.25) is 0 Å². The van der Waals surface area contributed by atoms with Crippen molar-refractivity contribution >= 4 is 38.9 Å². The van der Waals surface area contributed by atoms with Crippen LogP contribution in [0, 0.1) is 5.41 Å². The summed E-state index contributed by atoms with van der Waals surface area (Å²) in [4.78, 5) is 14.0. The van der Waals surface area contributed by atoms with E-state index in [1.807, 2.05) is 42.7 Å². The van der Waals surface area contributed by atoms with Gasteiger partial charge in [-0.1, -0.05) is 57.7 Å². The Morgan fingerprint density at radius 2 is 1.78 bits per heavy atom. The Hall–Kier alpha value is -2.23. The molecule has 9 heteroatoms. The summed E-state index contributed by atoms with van der Waals surface area (Å²) in [6, 6.07) is 13.2. The fourth-order valence-corrected chi connectivity index (χ4v) is 7.48. The molecule has 0 radical (unpaired) electrons.